The summed E-state index contributed by atoms with van der Waals surface area (Å²) in [5.41, 5.74) is 7.51. The maximum Gasteiger partial charge on any atom is 0.129 e. The summed E-state index contributed by atoms with van der Waals surface area (Å²) in [4.78, 5) is 1.92. The molecular formula is C15H17FN2O. The van der Waals surface area contributed by atoms with Gasteiger partial charge in [-0.3, -0.25) is 0 Å². The standard InChI is InChI=1S/C15H17FN2O/c1-2-18(12-4-3-5-14(19)8-12)13-7-6-11(10-17)15(16)9-13/h3-9,19H,2,10,17H2,1H3. The monoisotopic (exact) mass is 260 g/mol. The Morgan fingerprint density at radius 3 is 2.47 bits per heavy atom. The van der Waals surface area contributed by atoms with Crippen LogP contribution < -0.4 is 10.6 Å². The number of phenolic OH excluding ortho intramolecular Hbond substituents is 1. The number of aromatic hydroxyl groups is 1. The molecule has 0 fully saturated rings. The molecule has 2 aromatic carbocycles. The Kier molecular flexibility index (Phi) is 4.02. The fourth-order valence-corrected chi connectivity index (χ4v) is 2.04. The molecular weight excluding hydrogens is 243 g/mol. The molecule has 0 amide bonds. The van der Waals surface area contributed by atoms with Crippen molar-refractivity contribution in [2.75, 3.05) is 11.4 Å². The quantitative estimate of drug-likeness (QED) is 0.887. The predicted octanol–water partition coefficient (Wildman–Crippen LogP) is 3.15. The van der Waals surface area contributed by atoms with Crippen molar-refractivity contribution < 1.29 is 9.50 Å². The van der Waals surface area contributed by atoms with Crippen LogP contribution in [0.4, 0.5) is 15.8 Å². The van der Waals surface area contributed by atoms with Crippen molar-refractivity contribution in [1.82, 2.24) is 0 Å². The summed E-state index contributed by atoms with van der Waals surface area (Å²) in [6, 6.07) is 11.9. The number of anilines is 2. The Morgan fingerprint density at radius 2 is 1.89 bits per heavy atom. The molecule has 0 bridgehead atoms. The van der Waals surface area contributed by atoms with E-state index in [1.807, 2.05) is 24.0 Å². The van der Waals surface area contributed by atoms with E-state index in [0.717, 1.165) is 11.4 Å². The lowest BCUT2D eigenvalue weighted by atomic mass is 10.1. The van der Waals surface area contributed by atoms with Crippen LogP contribution in [0.5, 0.6) is 5.75 Å². The summed E-state index contributed by atoms with van der Waals surface area (Å²) in [7, 11) is 0. The highest BCUT2D eigenvalue weighted by Gasteiger charge is 2.10. The Hall–Kier alpha value is -2.07. The molecule has 0 saturated carbocycles. The van der Waals surface area contributed by atoms with E-state index in [9.17, 15) is 9.50 Å². The van der Waals surface area contributed by atoms with E-state index in [-0.39, 0.29) is 18.1 Å². The molecule has 0 radical (unpaired) electrons. The van der Waals surface area contributed by atoms with Crippen LogP contribution in [0.25, 0.3) is 0 Å². The molecule has 0 heterocycles. The van der Waals surface area contributed by atoms with E-state index < -0.39 is 0 Å². The minimum Gasteiger partial charge on any atom is -0.508 e. The van der Waals surface area contributed by atoms with E-state index in [2.05, 4.69) is 0 Å². The maximum absolute atomic E-state index is 13.8. The second-order valence-corrected chi connectivity index (χ2v) is 4.24. The number of halogens is 1. The molecule has 0 aliphatic heterocycles. The van der Waals surface area contributed by atoms with Crippen LogP contribution in [0.1, 0.15) is 12.5 Å². The summed E-state index contributed by atoms with van der Waals surface area (Å²) in [5.74, 6) is -0.117. The number of rotatable bonds is 4. The molecule has 0 aliphatic carbocycles. The fraction of sp³-hybridized carbons (Fsp3) is 0.200. The van der Waals surface area contributed by atoms with Gasteiger partial charge in [0, 0.05) is 36.1 Å². The molecule has 0 unspecified atom stereocenters. The van der Waals surface area contributed by atoms with Gasteiger partial charge in [-0.1, -0.05) is 12.1 Å². The van der Waals surface area contributed by atoms with Crippen molar-refractivity contribution in [3.63, 3.8) is 0 Å². The highest BCUT2D eigenvalue weighted by Crippen LogP contribution is 2.28. The van der Waals surface area contributed by atoms with Crippen LogP contribution in [0, 0.1) is 5.82 Å². The third-order valence-electron chi connectivity index (χ3n) is 3.03. The molecule has 3 nitrogen and oxygen atoms in total. The normalized spacial score (nSPS) is 10.5. The third kappa shape index (κ3) is 2.85. The van der Waals surface area contributed by atoms with Crippen molar-refractivity contribution in [2.45, 2.75) is 13.5 Å². The van der Waals surface area contributed by atoms with Crippen molar-refractivity contribution in [3.8, 4) is 5.75 Å². The Morgan fingerprint density at radius 1 is 1.16 bits per heavy atom. The van der Waals surface area contributed by atoms with E-state index >= 15 is 0 Å². The minimum absolute atomic E-state index is 0.185. The highest BCUT2D eigenvalue weighted by atomic mass is 19.1. The number of hydrogen-bond acceptors (Lipinski definition) is 3. The van der Waals surface area contributed by atoms with Gasteiger partial charge in [0.25, 0.3) is 0 Å². The molecule has 3 N–H and O–H groups in total. The molecule has 0 aliphatic rings. The molecule has 2 rings (SSSR count). The zero-order valence-corrected chi connectivity index (χ0v) is 10.8. The summed E-state index contributed by atoms with van der Waals surface area (Å²) in [5, 5.41) is 9.52. The third-order valence-corrected chi connectivity index (χ3v) is 3.03. The lowest BCUT2D eigenvalue weighted by Gasteiger charge is -2.23. The van der Waals surface area contributed by atoms with Gasteiger partial charge in [0.05, 0.1) is 0 Å². The van der Waals surface area contributed by atoms with Crippen molar-refractivity contribution in [3.05, 3.63) is 53.8 Å². The van der Waals surface area contributed by atoms with Crippen LogP contribution in [-0.2, 0) is 6.54 Å². The van der Waals surface area contributed by atoms with Crippen molar-refractivity contribution >= 4 is 11.4 Å². The second kappa shape index (κ2) is 5.71. The molecule has 100 valence electrons. The fourth-order valence-electron chi connectivity index (χ4n) is 2.04. The van der Waals surface area contributed by atoms with Gasteiger partial charge in [0.1, 0.15) is 11.6 Å². The summed E-state index contributed by atoms with van der Waals surface area (Å²) >= 11 is 0. The summed E-state index contributed by atoms with van der Waals surface area (Å²) in [6.45, 7) is 2.83. The van der Waals surface area contributed by atoms with Crippen LogP contribution in [-0.4, -0.2) is 11.7 Å². The molecule has 0 aromatic heterocycles. The van der Waals surface area contributed by atoms with Gasteiger partial charge in [-0.15, -0.1) is 0 Å². The molecule has 4 heteroatoms. The smallest absolute Gasteiger partial charge is 0.129 e. The van der Waals surface area contributed by atoms with Crippen LogP contribution in [0.2, 0.25) is 0 Å². The molecule has 2 aromatic rings. The van der Waals surface area contributed by atoms with E-state index in [0.29, 0.717) is 12.1 Å². The molecule has 0 spiro atoms. The Labute approximate surface area is 112 Å². The van der Waals surface area contributed by atoms with Gasteiger partial charge >= 0.3 is 0 Å². The summed E-state index contributed by atoms with van der Waals surface area (Å²) < 4.78 is 13.8. The van der Waals surface area contributed by atoms with Crippen LogP contribution in [0.15, 0.2) is 42.5 Å². The number of nitrogens with two attached hydrogens (primary N) is 1. The molecule has 19 heavy (non-hydrogen) atoms. The Balaban J connectivity index is 2.39. The van der Waals surface area contributed by atoms with Crippen LogP contribution in [0.3, 0.4) is 0 Å². The largest absolute Gasteiger partial charge is 0.508 e. The average molecular weight is 260 g/mol. The lowest BCUT2D eigenvalue weighted by Crippen LogP contribution is -2.16. The first kappa shape index (κ1) is 13.4. The number of hydrogen-bond donors (Lipinski definition) is 2. The van der Waals surface area contributed by atoms with E-state index in [1.165, 1.54) is 6.07 Å². The summed E-state index contributed by atoms with van der Waals surface area (Å²) in [6.07, 6.45) is 0. The average Bonchev–Trinajstić information content (AvgIpc) is 2.40. The first-order valence-electron chi connectivity index (χ1n) is 6.20. The molecule has 0 atom stereocenters. The SMILES string of the molecule is CCN(c1cccc(O)c1)c1ccc(CN)c(F)c1. The predicted molar refractivity (Wildman–Crippen MR) is 75.1 cm³/mol. The number of benzene rings is 2. The highest BCUT2D eigenvalue weighted by molar-refractivity contribution is 5.64. The van der Waals surface area contributed by atoms with Crippen molar-refractivity contribution in [2.24, 2.45) is 5.73 Å². The van der Waals surface area contributed by atoms with Gasteiger partial charge in [0.2, 0.25) is 0 Å². The zero-order chi connectivity index (χ0) is 13.8. The van der Waals surface area contributed by atoms with Crippen LogP contribution >= 0.6 is 0 Å². The molecule has 0 saturated heterocycles. The number of nitrogens with zero attached hydrogens (tertiary/aromatic N) is 1. The van der Waals surface area contributed by atoms with Gasteiger partial charge < -0.3 is 15.7 Å². The van der Waals surface area contributed by atoms with E-state index in [4.69, 9.17) is 5.73 Å². The number of phenols is 1. The van der Waals surface area contributed by atoms with Gasteiger partial charge in [-0.05, 0) is 31.2 Å². The Bertz CT molecular complexity index is 572. The first-order chi connectivity index (χ1) is 9.15. The zero-order valence-electron chi connectivity index (χ0n) is 10.8. The topological polar surface area (TPSA) is 49.5 Å². The second-order valence-electron chi connectivity index (χ2n) is 4.24. The van der Waals surface area contributed by atoms with Gasteiger partial charge in [-0.2, -0.15) is 0 Å². The van der Waals surface area contributed by atoms with E-state index in [1.54, 1.807) is 24.3 Å². The first-order valence-corrected chi connectivity index (χ1v) is 6.20. The van der Waals surface area contributed by atoms with Crippen molar-refractivity contribution in [1.29, 1.82) is 0 Å². The lowest BCUT2D eigenvalue weighted by molar-refractivity contribution is 0.475. The minimum atomic E-state index is -0.307. The maximum atomic E-state index is 13.8. The van der Waals surface area contributed by atoms with Gasteiger partial charge in [-0.25, -0.2) is 4.39 Å². The van der Waals surface area contributed by atoms with Gasteiger partial charge in [0.15, 0.2) is 0 Å².